The number of nitrogens with one attached hydrogen (secondary N) is 2. The number of nitrogens with zero attached hydrogens (tertiary/aromatic N) is 2. The molecular formula is C16H18BrFN4. The van der Waals surface area contributed by atoms with Gasteiger partial charge in [0.15, 0.2) is 5.96 Å². The van der Waals surface area contributed by atoms with Gasteiger partial charge in [0.1, 0.15) is 5.82 Å². The number of aromatic nitrogens is 1. The lowest BCUT2D eigenvalue weighted by Gasteiger charge is -2.12. The summed E-state index contributed by atoms with van der Waals surface area (Å²) < 4.78 is 14.5. The van der Waals surface area contributed by atoms with Crippen molar-refractivity contribution < 1.29 is 4.39 Å². The van der Waals surface area contributed by atoms with Crippen molar-refractivity contribution in [2.24, 2.45) is 4.99 Å². The molecular weight excluding hydrogens is 347 g/mol. The van der Waals surface area contributed by atoms with Gasteiger partial charge in [0.25, 0.3) is 0 Å². The van der Waals surface area contributed by atoms with Crippen molar-refractivity contribution in [3.8, 4) is 0 Å². The quantitative estimate of drug-likeness (QED) is 0.633. The molecule has 1 aromatic carbocycles. The largest absolute Gasteiger partial charge is 0.356 e. The molecule has 1 aromatic heterocycles. The molecule has 0 saturated heterocycles. The highest BCUT2D eigenvalue weighted by Crippen LogP contribution is 2.14. The molecule has 0 radical (unpaired) electrons. The second-order valence-corrected chi connectivity index (χ2v) is 5.58. The molecule has 22 heavy (non-hydrogen) atoms. The first kappa shape index (κ1) is 16.4. The van der Waals surface area contributed by atoms with Crippen LogP contribution in [-0.4, -0.2) is 24.5 Å². The Morgan fingerprint density at radius 1 is 1.27 bits per heavy atom. The van der Waals surface area contributed by atoms with Crippen LogP contribution in [-0.2, 0) is 13.0 Å². The van der Waals surface area contributed by atoms with E-state index in [1.54, 1.807) is 19.3 Å². The summed E-state index contributed by atoms with van der Waals surface area (Å²) in [5.74, 6) is 0.393. The minimum Gasteiger partial charge on any atom is -0.356 e. The summed E-state index contributed by atoms with van der Waals surface area (Å²) in [4.78, 5) is 8.38. The van der Waals surface area contributed by atoms with Crippen molar-refractivity contribution in [2.75, 3.05) is 13.6 Å². The minimum atomic E-state index is -0.245. The molecule has 0 amide bonds. The zero-order valence-corrected chi connectivity index (χ0v) is 13.9. The van der Waals surface area contributed by atoms with Gasteiger partial charge >= 0.3 is 0 Å². The Kier molecular flexibility index (Phi) is 6.33. The maximum atomic E-state index is 13.7. The highest BCUT2D eigenvalue weighted by atomic mass is 79.9. The smallest absolute Gasteiger partial charge is 0.191 e. The van der Waals surface area contributed by atoms with E-state index < -0.39 is 0 Å². The van der Waals surface area contributed by atoms with Gasteiger partial charge in [0.2, 0.25) is 0 Å². The number of pyridine rings is 1. The van der Waals surface area contributed by atoms with Crippen molar-refractivity contribution in [1.82, 2.24) is 15.6 Å². The zero-order chi connectivity index (χ0) is 15.8. The van der Waals surface area contributed by atoms with Crippen LogP contribution < -0.4 is 10.6 Å². The Morgan fingerprint density at radius 3 is 2.82 bits per heavy atom. The lowest BCUT2D eigenvalue weighted by molar-refractivity contribution is 0.604. The fraction of sp³-hybridized carbons (Fsp3) is 0.250. The molecule has 0 saturated carbocycles. The Bertz CT molecular complexity index is 631. The molecule has 2 rings (SSSR count). The van der Waals surface area contributed by atoms with Crippen LogP contribution in [0.1, 0.15) is 11.3 Å². The lowest BCUT2D eigenvalue weighted by atomic mass is 10.2. The molecule has 0 fully saturated rings. The summed E-state index contributed by atoms with van der Waals surface area (Å²) in [5.41, 5.74) is 1.61. The van der Waals surface area contributed by atoms with Crippen LogP contribution >= 0.6 is 15.9 Å². The van der Waals surface area contributed by atoms with E-state index >= 15 is 0 Å². The van der Waals surface area contributed by atoms with Gasteiger partial charge in [-0.3, -0.25) is 9.98 Å². The lowest BCUT2D eigenvalue weighted by Crippen LogP contribution is -2.38. The molecule has 0 aliphatic heterocycles. The van der Waals surface area contributed by atoms with Crippen molar-refractivity contribution in [3.05, 3.63) is 64.1 Å². The predicted octanol–water partition coefficient (Wildman–Crippen LogP) is 2.89. The fourth-order valence-electron chi connectivity index (χ4n) is 1.92. The van der Waals surface area contributed by atoms with Crippen LogP contribution in [0.4, 0.5) is 4.39 Å². The summed E-state index contributed by atoms with van der Waals surface area (Å²) in [6, 6.07) is 10.9. The van der Waals surface area contributed by atoms with Gasteiger partial charge in [-0.2, -0.15) is 0 Å². The van der Waals surface area contributed by atoms with E-state index in [4.69, 9.17) is 0 Å². The van der Waals surface area contributed by atoms with Crippen LogP contribution in [0.3, 0.4) is 0 Å². The van der Waals surface area contributed by atoms with E-state index in [1.165, 1.54) is 6.07 Å². The SMILES string of the molecule is CN=C(NCCc1ccccn1)NCc1ccc(Br)cc1F. The molecule has 0 bridgehead atoms. The summed E-state index contributed by atoms with van der Waals surface area (Å²) in [6.07, 6.45) is 2.58. The normalized spacial score (nSPS) is 11.3. The highest BCUT2D eigenvalue weighted by Gasteiger charge is 2.04. The molecule has 0 aliphatic carbocycles. The number of rotatable bonds is 5. The third-order valence-corrected chi connectivity index (χ3v) is 3.58. The first-order valence-electron chi connectivity index (χ1n) is 6.97. The standard InChI is InChI=1S/C16H18BrFN4/c1-19-16(21-9-7-14-4-2-3-8-20-14)22-11-12-5-6-13(17)10-15(12)18/h2-6,8,10H,7,9,11H2,1H3,(H2,19,21,22). The van der Waals surface area contributed by atoms with Crippen LogP contribution in [0, 0.1) is 5.82 Å². The number of aliphatic imine (C=N–C) groups is 1. The molecule has 0 spiro atoms. The Balaban J connectivity index is 1.80. The average molecular weight is 365 g/mol. The van der Waals surface area contributed by atoms with E-state index in [-0.39, 0.29) is 5.82 Å². The van der Waals surface area contributed by atoms with Crippen LogP contribution in [0.15, 0.2) is 52.1 Å². The van der Waals surface area contributed by atoms with E-state index in [9.17, 15) is 4.39 Å². The number of halogens is 2. The third-order valence-electron chi connectivity index (χ3n) is 3.08. The maximum absolute atomic E-state index is 13.7. The first-order chi connectivity index (χ1) is 10.7. The molecule has 116 valence electrons. The summed E-state index contributed by atoms with van der Waals surface area (Å²) in [5, 5.41) is 6.28. The van der Waals surface area contributed by atoms with Gasteiger partial charge in [-0.25, -0.2) is 4.39 Å². The molecule has 4 nitrogen and oxygen atoms in total. The molecule has 2 aromatic rings. The monoisotopic (exact) mass is 364 g/mol. The zero-order valence-electron chi connectivity index (χ0n) is 12.3. The van der Waals surface area contributed by atoms with Gasteiger partial charge in [0.05, 0.1) is 0 Å². The van der Waals surface area contributed by atoms with E-state index in [0.29, 0.717) is 24.6 Å². The van der Waals surface area contributed by atoms with Gasteiger partial charge in [-0.05, 0) is 24.3 Å². The van der Waals surface area contributed by atoms with E-state index in [2.05, 4.69) is 36.5 Å². The van der Waals surface area contributed by atoms with E-state index in [1.807, 2.05) is 24.3 Å². The first-order valence-corrected chi connectivity index (χ1v) is 7.76. The average Bonchev–Trinajstić information content (AvgIpc) is 2.53. The number of guanidine groups is 1. The topological polar surface area (TPSA) is 49.3 Å². The molecule has 0 aliphatic rings. The predicted molar refractivity (Wildman–Crippen MR) is 90.2 cm³/mol. The van der Waals surface area contributed by atoms with E-state index in [0.717, 1.165) is 16.6 Å². The number of benzene rings is 1. The summed E-state index contributed by atoms with van der Waals surface area (Å²) in [7, 11) is 1.69. The molecule has 0 atom stereocenters. The van der Waals surface area contributed by atoms with Gasteiger partial charge in [-0.1, -0.05) is 28.1 Å². The van der Waals surface area contributed by atoms with Gasteiger partial charge in [-0.15, -0.1) is 0 Å². The van der Waals surface area contributed by atoms with Gasteiger partial charge < -0.3 is 10.6 Å². The second-order valence-electron chi connectivity index (χ2n) is 4.66. The maximum Gasteiger partial charge on any atom is 0.191 e. The van der Waals surface area contributed by atoms with Crippen molar-refractivity contribution in [2.45, 2.75) is 13.0 Å². The molecule has 2 N–H and O–H groups in total. The molecule has 0 unspecified atom stereocenters. The Morgan fingerprint density at radius 2 is 2.14 bits per heavy atom. The highest BCUT2D eigenvalue weighted by molar-refractivity contribution is 9.10. The van der Waals surface area contributed by atoms with Gasteiger partial charge in [0, 0.05) is 48.5 Å². The minimum absolute atomic E-state index is 0.245. The van der Waals surface area contributed by atoms with Crippen molar-refractivity contribution >= 4 is 21.9 Å². The Labute approximate surface area is 138 Å². The second kappa shape index (κ2) is 8.48. The van der Waals surface area contributed by atoms with Crippen LogP contribution in [0.25, 0.3) is 0 Å². The van der Waals surface area contributed by atoms with Crippen LogP contribution in [0.2, 0.25) is 0 Å². The summed E-state index contributed by atoms with van der Waals surface area (Å²) >= 11 is 3.24. The summed E-state index contributed by atoms with van der Waals surface area (Å²) in [6.45, 7) is 1.09. The van der Waals surface area contributed by atoms with Crippen LogP contribution in [0.5, 0.6) is 0 Å². The van der Waals surface area contributed by atoms with Crippen molar-refractivity contribution in [1.29, 1.82) is 0 Å². The van der Waals surface area contributed by atoms with Crippen molar-refractivity contribution in [3.63, 3.8) is 0 Å². The third kappa shape index (κ3) is 5.11. The molecule has 1 heterocycles. The number of hydrogen-bond acceptors (Lipinski definition) is 2. The fourth-order valence-corrected chi connectivity index (χ4v) is 2.25. The molecule has 6 heteroatoms. The number of hydrogen-bond donors (Lipinski definition) is 2. The Hall–Kier alpha value is -1.95.